The topological polar surface area (TPSA) is 32.8 Å². The molecule has 144 valence electrons. The van der Waals surface area contributed by atoms with E-state index in [-0.39, 0.29) is 22.6 Å². The van der Waals surface area contributed by atoms with Gasteiger partial charge in [0.05, 0.1) is 11.6 Å². The smallest absolute Gasteiger partial charge is 0.417 e. The fourth-order valence-corrected chi connectivity index (χ4v) is 4.35. The first-order valence-electron chi connectivity index (χ1n) is 8.52. The van der Waals surface area contributed by atoms with E-state index in [9.17, 15) is 18.0 Å². The molecule has 1 saturated heterocycles. The van der Waals surface area contributed by atoms with E-state index in [1.807, 2.05) is 32.6 Å². The molecule has 0 saturated carbocycles. The second-order valence-electron chi connectivity index (χ2n) is 7.96. The van der Waals surface area contributed by atoms with Crippen LogP contribution in [-0.4, -0.2) is 41.8 Å². The lowest BCUT2D eigenvalue weighted by atomic mass is 10.1. The summed E-state index contributed by atoms with van der Waals surface area (Å²) in [7, 11) is 0. The summed E-state index contributed by atoms with van der Waals surface area (Å²) in [5, 5.41) is 0. The van der Waals surface area contributed by atoms with Crippen LogP contribution in [0.3, 0.4) is 0 Å². The second-order valence-corrected chi connectivity index (χ2v) is 8.81. The van der Waals surface area contributed by atoms with E-state index in [2.05, 4.69) is 15.9 Å². The molecular weight excluding hydrogens is 413 g/mol. The largest absolute Gasteiger partial charge is 0.444 e. The van der Waals surface area contributed by atoms with Crippen molar-refractivity contribution < 1.29 is 22.7 Å². The minimum Gasteiger partial charge on any atom is -0.444 e. The molecule has 0 bridgehead atoms. The number of halogens is 4. The molecule has 8 heteroatoms. The average molecular weight is 435 g/mol. The third-order valence-electron chi connectivity index (χ3n) is 4.64. The first kappa shape index (κ1) is 19.3. The summed E-state index contributed by atoms with van der Waals surface area (Å²) in [6, 6.07) is 2.64. The number of benzene rings is 1. The number of rotatable bonds is 0. The van der Waals surface area contributed by atoms with Crippen LogP contribution in [-0.2, 0) is 17.3 Å². The van der Waals surface area contributed by atoms with Crippen molar-refractivity contribution in [3.05, 3.63) is 27.7 Å². The molecule has 2 atom stereocenters. The minimum absolute atomic E-state index is 0.0448. The predicted molar refractivity (Wildman–Crippen MR) is 96.4 cm³/mol. The maximum absolute atomic E-state index is 13.2. The molecule has 4 nitrogen and oxygen atoms in total. The zero-order chi connectivity index (χ0) is 19.4. The molecule has 3 rings (SSSR count). The number of fused-ring (bicyclic) bond motifs is 3. The Balaban J connectivity index is 1.86. The van der Waals surface area contributed by atoms with E-state index < -0.39 is 17.3 Å². The monoisotopic (exact) mass is 434 g/mol. The number of nitrogens with zero attached hydrogens (tertiary/aromatic N) is 2. The molecule has 26 heavy (non-hydrogen) atoms. The molecular formula is C18H22BrF3N2O2. The Labute approximate surface area is 159 Å². The van der Waals surface area contributed by atoms with Crippen molar-refractivity contribution in [3.8, 4) is 0 Å². The van der Waals surface area contributed by atoms with Crippen LogP contribution in [0.5, 0.6) is 0 Å². The maximum atomic E-state index is 13.2. The zero-order valence-corrected chi connectivity index (χ0v) is 16.7. The van der Waals surface area contributed by atoms with E-state index in [1.54, 1.807) is 11.0 Å². The van der Waals surface area contributed by atoms with Crippen LogP contribution in [0.25, 0.3) is 0 Å². The minimum atomic E-state index is -4.41. The Hall–Kier alpha value is -1.44. The van der Waals surface area contributed by atoms with Crippen LogP contribution in [0, 0.1) is 0 Å². The molecule has 2 aliphatic rings. The number of hydrogen-bond acceptors (Lipinski definition) is 3. The quantitative estimate of drug-likeness (QED) is 0.585. The molecule has 0 spiro atoms. The van der Waals surface area contributed by atoms with Crippen LogP contribution in [0.4, 0.5) is 23.7 Å². The maximum Gasteiger partial charge on any atom is 0.417 e. The van der Waals surface area contributed by atoms with Gasteiger partial charge in [0.2, 0.25) is 0 Å². The Morgan fingerprint density at radius 1 is 1.23 bits per heavy atom. The van der Waals surface area contributed by atoms with Gasteiger partial charge in [-0.3, -0.25) is 0 Å². The highest BCUT2D eigenvalue weighted by atomic mass is 79.9. The van der Waals surface area contributed by atoms with Crippen molar-refractivity contribution in [2.75, 3.05) is 18.0 Å². The molecule has 0 aliphatic carbocycles. The number of ether oxygens (including phenoxy) is 1. The second kappa shape index (κ2) is 6.32. The lowest BCUT2D eigenvalue weighted by molar-refractivity contribution is -0.138. The Bertz CT molecular complexity index is 730. The van der Waals surface area contributed by atoms with Crippen molar-refractivity contribution >= 4 is 27.7 Å². The standard InChI is InChI=1S/C18H22BrF3N2O2/c1-10-8-23(16(25)26-17(2,3)4)9-12-5-11-6-14(19)13(18(20,21)22)7-15(11)24(10)12/h6-7,10,12H,5,8-9H2,1-4H3. The first-order valence-corrected chi connectivity index (χ1v) is 9.32. The molecule has 0 aromatic heterocycles. The van der Waals surface area contributed by atoms with Gasteiger partial charge in [-0.15, -0.1) is 0 Å². The van der Waals surface area contributed by atoms with Crippen LogP contribution >= 0.6 is 15.9 Å². The highest BCUT2D eigenvalue weighted by Gasteiger charge is 2.43. The van der Waals surface area contributed by atoms with Crippen LogP contribution in [0.1, 0.15) is 38.8 Å². The summed E-state index contributed by atoms with van der Waals surface area (Å²) in [4.78, 5) is 16.1. The highest BCUT2D eigenvalue weighted by Crippen LogP contribution is 2.44. The summed E-state index contributed by atoms with van der Waals surface area (Å²) >= 11 is 3.05. The molecule has 0 N–H and O–H groups in total. The van der Waals surface area contributed by atoms with E-state index >= 15 is 0 Å². The Morgan fingerprint density at radius 2 is 1.88 bits per heavy atom. The van der Waals surface area contributed by atoms with Crippen LogP contribution < -0.4 is 4.90 Å². The number of amides is 1. The summed E-state index contributed by atoms with van der Waals surface area (Å²) in [6.45, 7) is 8.22. The number of carbonyl (C=O) groups is 1. The normalized spacial score (nSPS) is 22.9. The van der Waals surface area contributed by atoms with Gasteiger partial charge in [0, 0.05) is 29.3 Å². The third kappa shape index (κ3) is 3.66. The lowest BCUT2D eigenvalue weighted by Gasteiger charge is -2.44. The highest BCUT2D eigenvalue weighted by molar-refractivity contribution is 9.10. The molecule has 1 aromatic rings. The molecule has 1 aromatic carbocycles. The summed E-state index contributed by atoms with van der Waals surface area (Å²) < 4.78 is 45.2. The summed E-state index contributed by atoms with van der Waals surface area (Å²) in [5.74, 6) is 0. The third-order valence-corrected chi connectivity index (χ3v) is 5.30. The molecule has 1 amide bonds. The summed E-state index contributed by atoms with van der Waals surface area (Å²) in [5.41, 5.74) is 0.232. The van der Waals surface area contributed by atoms with Crippen LogP contribution in [0.2, 0.25) is 0 Å². The van der Waals surface area contributed by atoms with Gasteiger partial charge in [0.25, 0.3) is 0 Å². The number of alkyl halides is 3. The molecule has 1 fully saturated rings. The van der Waals surface area contributed by atoms with Crippen molar-refractivity contribution in [2.24, 2.45) is 0 Å². The van der Waals surface area contributed by atoms with Gasteiger partial charge in [-0.25, -0.2) is 4.79 Å². The van der Waals surface area contributed by atoms with Gasteiger partial charge in [0.1, 0.15) is 5.60 Å². The number of anilines is 1. The molecule has 2 aliphatic heterocycles. The fourth-order valence-electron chi connectivity index (χ4n) is 3.73. The lowest BCUT2D eigenvalue weighted by Crippen LogP contribution is -2.58. The Morgan fingerprint density at radius 3 is 2.46 bits per heavy atom. The van der Waals surface area contributed by atoms with Gasteiger partial charge in [-0.05, 0) is 51.8 Å². The van der Waals surface area contributed by atoms with Gasteiger partial charge >= 0.3 is 12.3 Å². The van der Waals surface area contributed by atoms with Gasteiger partial charge < -0.3 is 14.5 Å². The zero-order valence-electron chi connectivity index (χ0n) is 15.2. The fraction of sp³-hybridized carbons (Fsp3) is 0.611. The van der Waals surface area contributed by atoms with Crippen molar-refractivity contribution in [2.45, 2.75) is 58.0 Å². The van der Waals surface area contributed by atoms with Crippen molar-refractivity contribution in [1.82, 2.24) is 4.90 Å². The van der Waals surface area contributed by atoms with Crippen molar-refractivity contribution in [1.29, 1.82) is 0 Å². The number of hydrogen-bond donors (Lipinski definition) is 0. The summed E-state index contributed by atoms with van der Waals surface area (Å²) in [6.07, 6.45) is -4.18. The molecule has 2 unspecified atom stereocenters. The van der Waals surface area contributed by atoms with Gasteiger partial charge in [-0.2, -0.15) is 13.2 Å². The number of piperazine rings is 1. The van der Waals surface area contributed by atoms with E-state index in [4.69, 9.17) is 4.74 Å². The number of carbonyl (C=O) groups excluding carboxylic acids is 1. The average Bonchev–Trinajstić information content (AvgIpc) is 2.80. The van der Waals surface area contributed by atoms with Crippen molar-refractivity contribution in [3.63, 3.8) is 0 Å². The Kier molecular flexibility index (Phi) is 4.70. The van der Waals surface area contributed by atoms with E-state index in [1.165, 1.54) is 6.07 Å². The molecule has 2 heterocycles. The SMILES string of the molecule is CC1CN(C(=O)OC(C)(C)C)CC2Cc3cc(Br)c(C(F)(F)F)cc3N12. The molecule has 0 radical (unpaired) electrons. The van der Waals surface area contributed by atoms with E-state index in [0.717, 1.165) is 5.56 Å². The van der Waals surface area contributed by atoms with Gasteiger partial charge in [0.15, 0.2) is 0 Å². The predicted octanol–water partition coefficient (Wildman–Crippen LogP) is 4.84. The van der Waals surface area contributed by atoms with Gasteiger partial charge in [-0.1, -0.05) is 15.9 Å². The van der Waals surface area contributed by atoms with Crippen LogP contribution in [0.15, 0.2) is 16.6 Å². The first-order chi connectivity index (χ1) is 11.9. The van der Waals surface area contributed by atoms with E-state index in [0.29, 0.717) is 25.2 Å².